The zero-order chi connectivity index (χ0) is 14.7. The van der Waals surface area contributed by atoms with E-state index >= 15 is 0 Å². The molecule has 0 spiro atoms. The van der Waals surface area contributed by atoms with Gasteiger partial charge in [0.05, 0.1) is 0 Å². The van der Waals surface area contributed by atoms with Crippen molar-refractivity contribution in [2.24, 2.45) is 5.73 Å². The molecule has 3 N–H and O–H groups in total. The van der Waals surface area contributed by atoms with Crippen LogP contribution < -0.4 is 10.6 Å². The van der Waals surface area contributed by atoms with Gasteiger partial charge in [-0.25, -0.2) is 4.39 Å². The fourth-order valence-corrected chi connectivity index (χ4v) is 2.08. The van der Waals surface area contributed by atoms with E-state index < -0.39 is 0 Å². The monoisotopic (exact) mass is 271 g/mol. The van der Waals surface area contributed by atoms with Crippen molar-refractivity contribution in [2.45, 2.75) is 13.5 Å². The van der Waals surface area contributed by atoms with Gasteiger partial charge in [-0.15, -0.1) is 0 Å². The zero-order valence-corrected chi connectivity index (χ0v) is 11.7. The van der Waals surface area contributed by atoms with Gasteiger partial charge in [0.2, 0.25) is 0 Å². The Morgan fingerprint density at radius 3 is 2.40 bits per heavy atom. The minimum absolute atomic E-state index is 0.0635. The number of rotatable bonds is 4. The molecule has 0 aliphatic heterocycles. The summed E-state index contributed by atoms with van der Waals surface area (Å²) in [6.45, 7) is 2.61. The Balaban J connectivity index is 2.15. The second-order valence-electron chi connectivity index (χ2n) is 4.89. The Labute approximate surface area is 118 Å². The number of amidine groups is 1. The predicted molar refractivity (Wildman–Crippen MR) is 80.7 cm³/mol. The Morgan fingerprint density at radius 1 is 1.20 bits per heavy atom. The molecule has 0 unspecified atom stereocenters. The molecule has 2 rings (SSSR count). The minimum atomic E-state index is -0.209. The van der Waals surface area contributed by atoms with Crippen LogP contribution in [-0.4, -0.2) is 12.9 Å². The molecule has 0 aromatic heterocycles. The molecule has 4 heteroatoms. The summed E-state index contributed by atoms with van der Waals surface area (Å²) < 4.78 is 13.1. The van der Waals surface area contributed by atoms with Crippen molar-refractivity contribution in [3.05, 3.63) is 65.0 Å². The molecular formula is C16H18FN3. The maximum atomic E-state index is 13.1. The smallest absolute Gasteiger partial charge is 0.123 e. The van der Waals surface area contributed by atoms with Gasteiger partial charge >= 0.3 is 0 Å². The van der Waals surface area contributed by atoms with Crippen LogP contribution in [0.25, 0.3) is 0 Å². The number of halogens is 1. The summed E-state index contributed by atoms with van der Waals surface area (Å²) in [6, 6.07) is 12.3. The van der Waals surface area contributed by atoms with Crippen molar-refractivity contribution in [1.29, 1.82) is 5.41 Å². The zero-order valence-electron chi connectivity index (χ0n) is 11.7. The number of nitrogens with zero attached hydrogens (tertiary/aromatic N) is 1. The van der Waals surface area contributed by atoms with E-state index in [1.165, 1.54) is 6.07 Å². The maximum Gasteiger partial charge on any atom is 0.123 e. The third-order valence-corrected chi connectivity index (χ3v) is 3.33. The van der Waals surface area contributed by atoms with Crippen LogP contribution in [-0.2, 0) is 6.54 Å². The van der Waals surface area contributed by atoms with Gasteiger partial charge < -0.3 is 10.6 Å². The highest BCUT2D eigenvalue weighted by atomic mass is 19.1. The number of nitrogens with one attached hydrogen (secondary N) is 1. The van der Waals surface area contributed by atoms with E-state index in [2.05, 4.69) is 4.90 Å². The average Bonchev–Trinajstić information content (AvgIpc) is 2.42. The van der Waals surface area contributed by atoms with E-state index in [1.54, 1.807) is 6.07 Å². The van der Waals surface area contributed by atoms with Crippen molar-refractivity contribution >= 4 is 11.5 Å². The molecule has 0 bridgehead atoms. The Kier molecular flexibility index (Phi) is 4.03. The summed E-state index contributed by atoms with van der Waals surface area (Å²) in [6.07, 6.45) is 0. The first-order valence-electron chi connectivity index (χ1n) is 6.38. The molecular weight excluding hydrogens is 253 g/mol. The number of benzene rings is 2. The summed E-state index contributed by atoms with van der Waals surface area (Å²) in [4.78, 5) is 2.07. The lowest BCUT2D eigenvalue weighted by atomic mass is 10.1. The van der Waals surface area contributed by atoms with Gasteiger partial charge in [0.15, 0.2) is 0 Å². The maximum absolute atomic E-state index is 13.1. The molecule has 0 aliphatic rings. The van der Waals surface area contributed by atoms with Crippen LogP contribution in [0.2, 0.25) is 0 Å². The summed E-state index contributed by atoms with van der Waals surface area (Å²) in [5.41, 5.74) is 9.20. The Bertz CT molecular complexity index is 620. The summed E-state index contributed by atoms with van der Waals surface area (Å²) in [5.74, 6) is -0.145. The fourth-order valence-electron chi connectivity index (χ4n) is 2.08. The molecule has 2 aromatic rings. The van der Waals surface area contributed by atoms with E-state index in [-0.39, 0.29) is 11.7 Å². The number of nitrogens with two attached hydrogens (primary N) is 1. The van der Waals surface area contributed by atoms with Crippen LogP contribution in [0.1, 0.15) is 16.7 Å². The van der Waals surface area contributed by atoms with Gasteiger partial charge in [-0.1, -0.05) is 6.07 Å². The second kappa shape index (κ2) is 5.74. The van der Waals surface area contributed by atoms with Crippen LogP contribution in [0, 0.1) is 18.2 Å². The molecule has 0 fully saturated rings. The molecule has 20 heavy (non-hydrogen) atoms. The van der Waals surface area contributed by atoms with Gasteiger partial charge in [-0.2, -0.15) is 0 Å². The number of anilines is 1. The highest BCUT2D eigenvalue weighted by Gasteiger charge is 2.06. The van der Waals surface area contributed by atoms with E-state index in [9.17, 15) is 4.39 Å². The lowest BCUT2D eigenvalue weighted by Gasteiger charge is -2.21. The molecule has 0 radical (unpaired) electrons. The molecule has 104 valence electrons. The summed E-state index contributed by atoms with van der Waals surface area (Å²) in [5, 5.41) is 7.37. The average molecular weight is 271 g/mol. The number of nitrogen functional groups attached to an aromatic ring is 1. The van der Waals surface area contributed by atoms with Crippen molar-refractivity contribution in [1.82, 2.24) is 0 Å². The van der Waals surface area contributed by atoms with Gasteiger partial charge in [-0.05, 0) is 54.4 Å². The van der Waals surface area contributed by atoms with Crippen LogP contribution in [0.3, 0.4) is 0 Å². The second-order valence-corrected chi connectivity index (χ2v) is 4.89. The van der Waals surface area contributed by atoms with Gasteiger partial charge in [0.1, 0.15) is 11.7 Å². The first kappa shape index (κ1) is 14.1. The fraction of sp³-hybridized carbons (Fsp3) is 0.188. The molecule has 0 aliphatic carbocycles. The number of aryl methyl sites for hydroxylation is 1. The van der Waals surface area contributed by atoms with Gasteiger partial charge in [-0.3, -0.25) is 5.41 Å². The van der Waals surface area contributed by atoms with Crippen molar-refractivity contribution < 1.29 is 4.39 Å². The van der Waals surface area contributed by atoms with E-state index in [4.69, 9.17) is 11.1 Å². The summed E-state index contributed by atoms with van der Waals surface area (Å²) >= 11 is 0. The first-order valence-corrected chi connectivity index (χ1v) is 6.38. The lowest BCUT2D eigenvalue weighted by Crippen LogP contribution is -2.17. The predicted octanol–water partition coefficient (Wildman–Crippen LogP) is 3.05. The number of hydrogen-bond acceptors (Lipinski definition) is 2. The Hall–Kier alpha value is -2.36. The standard InChI is InChI=1S/C16H18FN3/c1-11-9-14(17)6-3-13(11)10-20(2)15-7-4-12(5-8-15)16(18)19/h3-9H,10H2,1-2H3,(H3,18,19). The van der Waals surface area contributed by atoms with Crippen LogP contribution in [0.15, 0.2) is 42.5 Å². The highest BCUT2D eigenvalue weighted by Crippen LogP contribution is 2.18. The van der Waals surface area contributed by atoms with Crippen molar-refractivity contribution in [2.75, 3.05) is 11.9 Å². The number of hydrogen-bond donors (Lipinski definition) is 2. The first-order chi connectivity index (χ1) is 9.47. The molecule has 0 amide bonds. The molecule has 2 aromatic carbocycles. The highest BCUT2D eigenvalue weighted by molar-refractivity contribution is 5.95. The third-order valence-electron chi connectivity index (χ3n) is 3.33. The van der Waals surface area contributed by atoms with E-state index in [0.717, 1.165) is 16.8 Å². The quantitative estimate of drug-likeness (QED) is 0.663. The van der Waals surface area contributed by atoms with E-state index in [1.807, 2.05) is 44.3 Å². The van der Waals surface area contributed by atoms with Gasteiger partial charge in [0, 0.05) is 24.8 Å². The van der Waals surface area contributed by atoms with Gasteiger partial charge in [0.25, 0.3) is 0 Å². The third kappa shape index (κ3) is 3.15. The molecule has 0 saturated carbocycles. The largest absolute Gasteiger partial charge is 0.384 e. The van der Waals surface area contributed by atoms with Crippen LogP contribution >= 0.6 is 0 Å². The normalized spacial score (nSPS) is 10.3. The molecule has 0 atom stereocenters. The molecule has 0 saturated heterocycles. The molecule has 0 heterocycles. The van der Waals surface area contributed by atoms with Crippen LogP contribution in [0.5, 0.6) is 0 Å². The SMILES string of the molecule is Cc1cc(F)ccc1CN(C)c1ccc(C(=N)N)cc1. The Morgan fingerprint density at radius 2 is 1.85 bits per heavy atom. The van der Waals surface area contributed by atoms with Crippen molar-refractivity contribution in [3.63, 3.8) is 0 Å². The minimum Gasteiger partial charge on any atom is -0.384 e. The topological polar surface area (TPSA) is 53.1 Å². The molecule has 3 nitrogen and oxygen atoms in total. The lowest BCUT2D eigenvalue weighted by molar-refractivity contribution is 0.625. The summed E-state index contributed by atoms with van der Waals surface area (Å²) in [7, 11) is 1.98. The van der Waals surface area contributed by atoms with Crippen molar-refractivity contribution in [3.8, 4) is 0 Å². The van der Waals surface area contributed by atoms with Crippen LogP contribution in [0.4, 0.5) is 10.1 Å². The van der Waals surface area contributed by atoms with E-state index in [0.29, 0.717) is 12.1 Å².